The minimum absolute atomic E-state index is 0.162. The van der Waals surface area contributed by atoms with Gasteiger partial charge >= 0.3 is 23.9 Å². The van der Waals surface area contributed by atoms with E-state index in [9.17, 15) is 19.2 Å². The van der Waals surface area contributed by atoms with Crippen molar-refractivity contribution in [3.8, 4) is 5.75 Å². The number of fused-ring (bicyclic) bond motifs is 1. The SMILES string of the molecule is COC(=O)/C(=C/c1cccnc1)C(=O)OC(C)(C)C.COC(=O)C(C(=O)OC(C)(C)C)C(c1cccnc1)n1ccc2cccc(OC)c21. The lowest BCUT2D eigenvalue weighted by Gasteiger charge is -2.29. The normalized spacial score (nSPS) is 12.9. The number of benzene rings is 1. The first-order valence-corrected chi connectivity index (χ1v) is 15.4. The number of esters is 4. The molecule has 260 valence electrons. The van der Waals surface area contributed by atoms with E-state index in [2.05, 4.69) is 14.7 Å². The zero-order valence-electron chi connectivity index (χ0n) is 29.3. The third-order valence-corrected chi connectivity index (χ3v) is 6.70. The van der Waals surface area contributed by atoms with Crippen LogP contribution in [0.3, 0.4) is 0 Å². The number of rotatable bonds is 9. The Balaban J connectivity index is 0.000000295. The van der Waals surface area contributed by atoms with E-state index in [4.69, 9.17) is 18.9 Å². The average Bonchev–Trinajstić information content (AvgIpc) is 3.49. The van der Waals surface area contributed by atoms with Crippen LogP contribution in [0.5, 0.6) is 5.75 Å². The Kier molecular flexibility index (Phi) is 12.8. The molecule has 0 amide bonds. The first-order valence-electron chi connectivity index (χ1n) is 15.4. The van der Waals surface area contributed by atoms with E-state index in [1.165, 1.54) is 26.5 Å². The van der Waals surface area contributed by atoms with Crippen molar-refractivity contribution in [3.05, 3.63) is 96.2 Å². The number of methoxy groups -OCH3 is 3. The summed E-state index contributed by atoms with van der Waals surface area (Å²) in [6, 6.07) is 13.8. The summed E-state index contributed by atoms with van der Waals surface area (Å²) in [7, 11) is 4.05. The summed E-state index contributed by atoms with van der Waals surface area (Å²) in [6.07, 6.45) is 9.62. The highest BCUT2D eigenvalue weighted by Gasteiger charge is 2.41. The van der Waals surface area contributed by atoms with Gasteiger partial charge in [0.2, 0.25) is 0 Å². The van der Waals surface area contributed by atoms with Gasteiger partial charge in [-0.15, -0.1) is 0 Å². The van der Waals surface area contributed by atoms with Crippen LogP contribution in [0, 0.1) is 5.92 Å². The monoisotopic (exact) mass is 673 g/mol. The summed E-state index contributed by atoms with van der Waals surface area (Å²) in [5, 5.41) is 0.913. The van der Waals surface area contributed by atoms with E-state index < -0.39 is 47.0 Å². The molecule has 0 bridgehead atoms. The second-order valence-corrected chi connectivity index (χ2v) is 12.7. The lowest BCUT2D eigenvalue weighted by Crippen LogP contribution is -2.39. The second kappa shape index (κ2) is 16.5. The average molecular weight is 674 g/mol. The molecule has 0 aliphatic rings. The zero-order chi connectivity index (χ0) is 36.4. The maximum absolute atomic E-state index is 13.2. The van der Waals surface area contributed by atoms with Gasteiger partial charge in [0.15, 0.2) is 5.92 Å². The van der Waals surface area contributed by atoms with Gasteiger partial charge in [0, 0.05) is 36.4 Å². The number of pyridine rings is 2. The molecule has 0 fully saturated rings. The van der Waals surface area contributed by atoms with Crippen molar-refractivity contribution in [2.24, 2.45) is 5.92 Å². The summed E-state index contributed by atoms with van der Waals surface area (Å²) in [6.45, 7) is 10.4. The number of carbonyl (C=O) groups is 4. The summed E-state index contributed by atoms with van der Waals surface area (Å²) in [4.78, 5) is 57.7. The number of carbonyl (C=O) groups excluding carboxylic acids is 4. The summed E-state index contributed by atoms with van der Waals surface area (Å²) < 4.78 is 27.8. The van der Waals surface area contributed by atoms with Crippen molar-refractivity contribution in [2.75, 3.05) is 21.3 Å². The maximum Gasteiger partial charge on any atom is 0.346 e. The van der Waals surface area contributed by atoms with Crippen LogP contribution in [0.4, 0.5) is 0 Å². The number of hydrogen-bond donors (Lipinski definition) is 0. The third kappa shape index (κ3) is 10.5. The van der Waals surface area contributed by atoms with E-state index >= 15 is 0 Å². The van der Waals surface area contributed by atoms with Crippen molar-refractivity contribution in [1.29, 1.82) is 0 Å². The van der Waals surface area contributed by atoms with Crippen LogP contribution in [-0.4, -0.2) is 70.9 Å². The van der Waals surface area contributed by atoms with E-state index in [-0.39, 0.29) is 5.57 Å². The van der Waals surface area contributed by atoms with Crippen LogP contribution in [0.15, 0.2) is 85.1 Å². The van der Waals surface area contributed by atoms with Crippen molar-refractivity contribution in [3.63, 3.8) is 0 Å². The van der Waals surface area contributed by atoms with Crippen LogP contribution in [0.1, 0.15) is 58.7 Å². The molecule has 4 rings (SSSR count). The quantitative estimate of drug-likeness (QED) is 0.0704. The fraction of sp³-hybridized carbons (Fsp3) is 0.351. The van der Waals surface area contributed by atoms with Crippen molar-refractivity contribution < 1.29 is 42.9 Å². The lowest BCUT2D eigenvalue weighted by atomic mass is 9.93. The van der Waals surface area contributed by atoms with Gasteiger partial charge in [-0.05, 0) is 83.0 Å². The molecule has 12 nitrogen and oxygen atoms in total. The summed E-state index contributed by atoms with van der Waals surface area (Å²) >= 11 is 0. The molecule has 3 aromatic heterocycles. The Morgan fingerprint density at radius 2 is 1.39 bits per heavy atom. The molecule has 0 N–H and O–H groups in total. The van der Waals surface area contributed by atoms with Gasteiger partial charge in [-0.1, -0.05) is 24.3 Å². The van der Waals surface area contributed by atoms with Gasteiger partial charge < -0.3 is 28.3 Å². The first-order chi connectivity index (χ1) is 23.1. The minimum Gasteiger partial charge on any atom is -0.495 e. The highest BCUT2D eigenvalue weighted by molar-refractivity contribution is 6.17. The first kappa shape index (κ1) is 37.9. The van der Waals surface area contributed by atoms with Gasteiger partial charge in [0.1, 0.15) is 22.5 Å². The Morgan fingerprint density at radius 1 is 0.735 bits per heavy atom. The molecule has 0 saturated carbocycles. The van der Waals surface area contributed by atoms with Crippen molar-refractivity contribution in [1.82, 2.24) is 14.5 Å². The molecule has 49 heavy (non-hydrogen) atoms. The fourth-order valence-electron chi connectivity index (χ4n) is 4.76. The molecule has 12 heteroatoms. The molecule has 2 unspecified atom stereocenters. The van der Waals surface area contributed by atoms with Crippen LogP contribution >= 0.6 is 0 Å². The van der Waals surface area contributed by atoms with E-state index in [1.54, 1.807) is 85.4 Å². The summed E-state index contributed by atoms with van der Waals surface area (Å²) in [5.74, 6) is -3.42. The predicted molar refractivity (Wildman–Crippen MR) is 182 cm³/mol. The molecule has 0 aliphatic heterocycles. The van der Waals surface area contributed by atoms with E-state index in [0.717, 1.165) is 10.9 Å². The van der Waals surface area contributed by atoms with Crippen molar-refractivity contribution in [2.45, 2.75) is 58.8 Å². The molecular weight excluding hydrogens is 630 g/mol. The van der Waals surface area contributed by atoms with Crippen molar-refractivity contribution >= 4 is 40.9 Å². The molecule has 3 heterocycles. The standard InChI is InChI=1S/C23H26N2O5.C14H17NO4/c1-23(2,3)30-22(27)18(21(26)29-5)20(16-9-7-12-24-14-16)25-13-11-15-8-6-10-17(28-4)19(15)25;1-14(2,3)19-13(17)11(12(16)18-4)8-10-6-5-7-15-9-10/h6-14,18,20H,1-5H3;5-9H,1-4H3/b;11-8-. The third-order valence-electron chi connectivity index (χ3n) is 6.70. The minimum atomic E-state index is -1.24. The molecule has 2 atom stereocenters. The molecule has 0 aliphatic carbocycles. The van der Waals surface area contributed by atoms with Gasteiger partial charge in [-0.3, -0.25) is 19.6 Å². The number of aromatic nitrogens is 3. The van der Waals surface area contributed by atoms with Crippen LogP contribution in [-0.2, 0) is 38.1 Å². The van der Waals surface area contributed by atoms with Gasteiger partial charge in [-0.25, -0.2) is 9.59 Å². The Hall–Kier alpha value is -5.52. The largest absolute Gasteiger partial charge is 0.495 e. The highest BCUT2D eigenvalue weighted by atomic mass is 16.6. The van der Waals surface area contributed by atoms with Crippen LogP contribution in [0.25, 0.3) is 17.0 Å². The van der Waals surface area contributed by atoms with Crippen LogP contribution in [0.2, 0.25) is 0 Å². The van der Waals surface area contributed by atoms with Gasteiger partial charge in [-0.2, -0.15) is 0 Å². The smallest absolute Gasteiger partial charge is 0.346 e. The zero-order valence-corrected chi connectivity index (χ0v) is 29.3. The van der Waals surface area contributed by atoms with E-state index in [0.29, 0.717) is 16.9 Å². The van der Waals surface area contributed by atoms with Crippen LogP contribution < -0.4 is 4.74 Å². The Labute approximate surface area is 286 Å². The fourth-order valence-corrected chi connectivity index (χ4v) is 4.76. The predicted octanol–water partition coefficient (Wildman–Crippen LogP) is 5.74. The lowest BCUT2D eigenvalue weighted by molar-refractivity contribution is -0.169. The molecule has 1 aromatic carbocycles. The number of nitrogens with zero attached hydrogens (tertiary/aromatic N) is 3. The molecule has 0 radical (unpaired) electrons. The summed E-state index contributed by atoms with van der Waals surface area (Å²) in [5.41, 5.74) is 0.436. The molecule has 0 spiro atoms. The Morgan fingerprint density at radius 3 is 1.92 bits per heavy atom. The number of hydrogen-bond acceptors (Lipinski definition) is 11. The molecular formula is C37H43N3O9. The topological polar surface area (TPSA) is 145 Å². The maximum atomic E-state index is 13.2. The Bertz CT molecular complexity index is 1770. The molecule has 0 saturated heterocycles. The van der Waals surface area contributed by atoms with E-state index in [1.807, 2.05) is 41.1 Å². The van der Waals surface area contributed by atoms with Gasteiger partial charge in [0.05, 0.1) is 32.9 Å². The molecule has 4 aromatic rings. The second-order valence-electron chi connectivity index (χ2n) is 12.7. The van der Waals surface area contributed by atoms with Gasteiger partial charge in [0.25, 0.3) is 0 Å². The number of para-hydroxylation sites is 1. The highest BCUT2D eigenvalue weighted by Crippen LogP contribution is 2.36. The number of ether oxygens (including phenoxy) is 5.